The quantitative estimate of drug-likeness (QED) is 0.502. The van der Waals surface area contributed by atoms with Gasteiger partial charge in [0.05, 0.1) is 15.9 Å². The van der Waals surface area contributed by atoms with E-state index in [9.17, 15) is 0 Å². The van der Waals surface area contributed by atoms with Gasteiger partial charge in [0.15, 0.2) is 0 Å². The van der Waals surface area contributed by atoms with Crippen LogP contribution >= 0.6 is 11.3 Å². The maximum Gasteiger partial charge on any atom is 0.129 e. The van der Waals surface area contributed by atoms with Crippen molar-refractivity contribution < 1.29 is 0 Å². The van der Waals surface area contributed by atoms with Gasteiger partial charge in [-0.2, -0.15) is 0 Å². The fourth-order valence-electron chi connectivity index (χ4n) is 2.76. The first-order chi connectivity index (χ1) is 10.9. The Morgan fingerprint density at radius 2 is 1.68 bits per heavy atom. The molecule has 0 fully saturated rings. The Kier molecular flexibility index (Phi) is 3.35. The lowest BCUT2D eigenvalue weighted by Gasteiger charge is -2.05. The third-order valence-electron chi connectivity index (χ3n) is 3.79. The summed E-state index contributed by atoms with van der Waals surface area (Å²) < 4.78 is 2.46. The summed E-state index contributed by atoms with van der Waals surface area (Å²) in [5.41, 5.74) is 3.33. The maximum atomic E-state index is 4.86. The van der Waals surface area contributed by atoms with Gasteiger partial charge in [0, 0.05) is 22.1 Å². The SMILES string of the molecule is CCCc1nc(-c2ccccc2)c2sc3ccccc3c2n1. The average molecular weight is 304 g/mol. The van der Waals surface area contributed by atoms with E-state index in [-0.39, 0.29) is 0 Å². The molecule has 2 heterocycles. The van der Waals surface area contributed by atoms with Crippen molar-refractivity contribution >= 4 is 31.6 Å². The molecule has 0 aliphatic rings. The van der Waals surface area contributed by atoms with Crippen molar-refractivity contribution in [3.05, 3.63) is 60.4 Å². The summed E-state index contributed by atoms with van der Waals surface area (Å²) in [5, 5.41) is 1.24. The van der Waals surface area contributed by atoms with Crippen molar-refractivity contribution in [3.8, 4) is 11.3 Å². The van der Waals surface area contributed by atoms with Gasteiger partial charge in [-0.1, -0.05) is 55.5 Å². The molecule has 0 unspecified atom stereocenters. The fourth-order valence-corrected chi connectivity index (χ4v) is 3.92. The van der Waals surface area contributed by atoms with Crippen molar-refractivity contribution in [1.29, 1.82) is 0 Å². The van der Waals surface area contributed by atoms with E-state index in [1.165, 1.54) is 20.3 Å². The molecule has 0 aliphatic carbocycles. The van der Waals surface area contributed by atoms with Crippen LogP contribution < -0.4 is 0 Å². The van der Waals surface area contributed by atoms with Crippen LogP contribution in [0, 0.1) is 0 Å². The first-order valence-electron chi connectivity index (χ1n) is 7.60. The Labute approximate surface area is 133 Å². The van der Waals surface area contributed by atoms with Gasteiger partial charge < -0.3 is 0 Å². The van der Waals surface area contributed by atoms with E-state index in [4.69, 9.17) is 9.97 Å². The smallest absolute Gasteiger partial charge is 0.129 e. The molecule has 3 heteroatoms. The van der Waals surface area contributed by atoms with Crippen molar-refractivity contribution in [2.75, 3.05) is 0 Å². The number of nitrogens with zero attached hydrogens (tertiary/aromatic N) is 2. The second kappa shape index (κ2) is 5.50. The van der Waals surface area contributed by atoms with Crippen LogP contribution in [0.5, 0.6) is 0 Å². The maximum absolute atomic E-state index is 4.86. The number of fused-ring (bicyclic) bond motifs is 3. The monoisotopic (exact) mass is 304 g/mol. The Bertz CT molecular complexity index is 942. The molecule has 4 aromatic rings. The highest BCUT2D eigenvalue weighted by molar-refractivity contribution is 7.26. The number of benzene rings is 2. The number of thiophene rings is 1. The van der Waals surface area contributed by atoms with Crippen LogP contribution in [-0.2, 0) is 6.42 Å². The van der Waals surface area contributed by atoms with Crippen molar-refractivity contribution in [2.45, 2.75) is 19.8 Å². The van der Waals surface area contributed by atoms with Crippen LogP contribution in [0.3, 0.4) is 0 Å². The molecule has 0 bridgehead atoms. The molecule has 0 N–H and O–H groups in total. The van der Waals surface area contributed by atoms with Crippen molar-refractivity contribution in [2.24, 2.45) is 0 Å². The lowest BCUT2D eigenvalue weighted by atomic mass is 10.1. The molecule has 0 spiro atoms. The van der Waals surface area contributed by atoms with E-state index < -0.39 is 0 Å². The Balaban J connectivity index is 2.09. The zero-order valence-corrected chi connectivity index (χ0v) is 13.2. The van der Waals surface area contributed by atoms with Gasteiger partial charge in [0.25, 0.3) is 0 Å². The molecule has 22 heavy (non-hydrogen) atoms. The van der Waals surface area contributed by atoms with Gasteiger partial charge in [0.1, 0.15) is 5.82 Å². The van der Waals surface area contributed by atoms with Crippen molar-refractivity contribution in [1.82, 2.24) is 9.97 Å². The normalized spacial score (nSPS) is 11.3. The van der Waals surface area contributed by atoms with Crippen LogP contribution in [0.15, 0.2) is 54.6 Å². The zero-order chi connectivity index (χ0) is 14.9. The van der Waals surface area contributed by atoms with E-state index in [1.54, 1.807) is 11.3 Å². The molecule has 0 saturated carbocycles. The summed E-state index contributed by atoms with van der Waals surface area (Å²) in [6.45, 7) is 2.17. The average Bonchev–Trinajstić information content (AvgIpc) is 2.94. The molecule has 2 aromatic carbocycles. The fraction of sp³-hybridized carbons (Fsp3) is 0.158. The molecule has 2 nitrogen and oxygen atoms in total. The van der Waals surface area contributed by atoms with Crippen LogP contribution in [0.25, 0.3) is 31.6 Å². The Morgan fingerprint density at radius 1 is 0.909 bits per heavy atom. The third kappa shape index (κ3) is 2.18. The minimum Gasteiger partial charge on any atom is -0.231 e. The summed E-state index contributed by atoms with van der Waals surface area (Å²) >= 11 is 1.78. The molecular weight excluding hydrogens is 288 g/mol. The predicted octanol–water partition coefficient (Wildman–Crippen LogP) is 5.46. The molecule has 0 saturated heterocycles. The van der Waals surface area contributed by atoms with Gasteiger partial charge in [-0.25, -0.2) is 9.97 Å². The number of aryl methyl sites for hydroxylation is 1. The van der Waals surface area contributed by atoms with Crippen LogP contribution in [-0.4, -0.2) is 9.97 Å². The second-order valence-corrected chi connectivity index (χ2v) is 6.43. The van der Waals surface area contributed by atoms with Crippen LogP contribution in [0.1, 0.15) is 19.2 Å². The van der Waals surface area contributed by atoms with Gasteiger partial charge in [-0.05, 0) is 12.5 Å². The molecule has 0 radical (unpaired) electrons. The highest BCUT2D eigenvalue weighted by atomic mass is 32.1. The molecule has 2 aromatic heterocycles. The summed E-state index contributed by atoms with van der Waals surface area (Å²) in [6.07, 6.45) is 1.97. The lowest BCUT2D eigenvalue weighted by Crippen LogP contribution is -1.97. The molecule has 0 amide bonds. The molecule has 4 rings (SSSR count). The topological polar surface area (TPSA) is 25.8 Å². The number of hydrogen-bond donors (Lipinski definition) is 0. The zero-order valence-electron chi connectivity index (χ0n) is 12.4. The second-order valence-electron chi connectivity index (χ2n) is 5.38. The molecule has 0 atom stereocenters. The highest BCUT2D eigenvalue weighted by Crippen LogP contribution is 2.37. The van der Waals surface area contributed by atoms with Gasteiger partial charge >= 0.3 is 0 Å². The summed E-state index contributed by atoms with van der Waals surface area (Å²) in [4.78, 5) is 9.69. The highest BCUT2D eigenvalue weighted by Gasteiger charge is 2.14. The molecular formula is C19H16N2S. The van der Waals surface area contributed by atoms with Crippen LogP contribution in [0.4, 0.5) is 0 Å². The summed E-state index contributed by atoms with van der Waals surface area (Å²) in [7, 11) is 0. The minimum absolute atomic E-state index is 0.917. The third-order valence-corrected chi connectivity index (χ3v) is 4.95. The lowest BCUT2D eigenvalue weighted by molar-refractivity contribution is 0.847. The molecule has 0 aliphatic heterocycles. The van der Waals surface area contributed by atoms with E-state index in [0.717, 1.165) is 29.9 Å². The van der Waals surface area contributed by atoms with Gasteiger partial charge in [-0.15, -0.1) is 11.3 Å². The predicted molar refractivity (Wildman–Crippen MR) is 94.4 cm³/mol. The minimum atomic E-state index is 0.917. The summed E-state index contributed by atoms with van der Waals surface area (Å²) in [5.74, 6) is 0.942. The first-order valence-corrected chi connectivity index (χ1v) is 8.42. The van der Waals surface area contributed by atoms with Gasteiger partial charge in [-0.3, -0.25) is 0 Å². The van der Waals surface area contributed by atoms with Crippen molar-refractivity contribution in [3.63, 3.8) is 0 Å². The van der Waals surface area contributed by atoms with E-state index >= 15 is 0 Å². The van der Waals surface area contributed by atoms with Crippen LogP contribution in [0.2, 0.25) is 0 Å². The Morgan fingerprint density at radius 3 is 2.50 bits per heavy atom. The largest absolute Gasteiger partial charge is 0.231 e. The molecule has 108 valence electrons. The van der Waals surface area contributed by atoms with Gasteiger partial charge in [0.2, 0.25) is 0 Å². The summed E-state index contributed by atoms with van der Waals surface area (Å²) in [6, 6.07) is 18.9. The number of hydrogen-bond acceptors (Lipinski definition) is 3. The van der Waals surface area contributed by atoms with E-state index in [0.29, 0.717) is 0 Å². The first kappa shape index (κ1) is 13.4. The number of rotatable bonds is 3. The number of aromatic nitrogens is 2. The Hall–Kier alpha value is -2.26. The van der Waals surface area contributed by atoms with E-state index in [2.05, 4.69) is 55.5 Å². The van der Waals surface area contributed by atoms with E-state index in [1.807, 2.05) is 6.07 Å². The standard InChI is InChI=1S/C19H16N2S/c1-2-8-16-20-17(13-9-4-3-5-10-13)19-18(21-16)14-11-6-7-12-15(14)22-19/h3-7,9-12H,2,8H2,1H3.